The molecular weight excluding hydrogens is 410 g/mol. The van der Waals surface area contributed by atoms with Crippen molar-refractivity contribution in [3.8, 4) is 0 Å². The van der Waals surface area contributed by atoms with Crippen LogP contribution in [0.3, 0.4) is 0 Å². The number of benzene rings is 2. The molecule has 1 aliphatic carbocycles. The Kier molecular flexibility index (Phi) is 7.80. The zero-order chi connectivity index (χ0) is 21.5. The van der Waals surface area contributed by atoms with Gasteiger partial charge in [-0.2, -0.15) is 0 Å². The molecule has 0 spiro atoms. The van der Waals surface area contributed by atoms with Gasteiger partial charge in [-0.25, -0.2) is 8.78 Å². The molecule has 3 rings (SSSR count). The zero-order valence-electron chi connectivity index (χ0n) is 16.6. The number of hydrogen-bond acceptors (Lipinski definition) is 2. The number of carbonyl (C=O) groups is 2. The van der Waals surface area contributed by atoms with Gasteiger partial charge in [0.25, 0.3) is 0 Å². The smallest absolute Gasteiger partial charge is 0.247 e. The lowest BCUT2D eigenvalue weighted by atomic mass is 9.94. The van der Waals surface area contributed by atoms with E-state index in [1.807, 2.05) is 0 Å². The van der Waals surface area contributed by atoms with Crippen LogP contribution in [0.5, 0.6) is 0 Å². The van der Waals surface area contributed by atoms with E-state index in [-0.39, 0.29) is 24.0 Å². The van der Waals surface area contributed by atoms with Crippen molar-refractivity contribution in [2.45, 2.75) is 50.7 Å². The minimum absolute atomic E-state index is 0.000650. The number of nitrogens with one attached hydrogen (secondary N) is 1. The van der Waals surface area contributed by atoms with Gasteiger partial charge >= 0.3 is 0 Å². The van der Waals surface area contributed by atoms with E-state index < -0.39 is 29.5 Å². The Bertz CT molecular complexity index is 870. The van der Waals surface area contributed by atoms with Gasteiger partial charge in [-0.3, -0.25) is 9.59 Å². The van der Waals surface area contributed by atoms with E-state index in [2.05, 4.69) is 5.32 Å². The van der Waals surface area contributed by atoms with Crippen LogP contribution in [0, 0.1) is 11.6 Å². The molecule has 2 aromatic carbocycles. The molecule has 1 N–H and O–H groups in total. The number of carbonyl (C=O) groups excluding carboxylic acids is 2. The van der Waals surface area contributed by atoms with Crippen LogP contribution in [0.1, 0.15) is 49.3 Å². The monoisotopic (exact) mass is 434 g/mol. The maximum Gasteiger partial charge on any atom is 0.247 e. The van der Waals surface area contributed by atoms with Crippen molar-refractivity contribution in [3.05, 3.63) is 71.3 Å². The zero-order valence-corrected chi connectivity index (χ0v) is 17.4. The Balaban J connectivity index is 1.95. The molecule has 1 fully saturated rings. The summed E-state index contributed by atoms with van der Waals surface area (Å²) >= 11 is 5.83. The molecule has 0 saturated heterocycles. The Morgan fingerprint density at radius 3 is 2.33 bits per heavy atom. The Morgan fingerprint density at radius 1 is 1.03 bits per heavy atom. The first-order valence-electron chi connectivity index (χ1n) is 10.1. The largest absolute Gasteiger partial charge is 0.351 e. The molecule has 0 radical (unpaired) electrons. The third kappa shape index (κ3) is 5.57. The lowest BCUT2D eigenvalue weighted by Gasteiger charge is -2.33. The predicted octanol–water partition coefficient (Wildman–Crippen LogP) is 4.72. The third-order valence-corrected chi connectivity index (χ3v) is 5.64. The van der Waals surface area contributed by atoms with Gasteiger partial charge in [0.05, 0.1) is 0 Å². The summed E-state index contributed by atoms with van der Waals surface area (Å²) in [7, 11) is 0. The Morgan fingerprint density at radius 2 is 1.70 bits per heavy atom. The molecule has 0 aromatic heterocycles. The van der Waals surface area contributed by atoms with Crippen molar-refractivity contribution in [2.75, 3.05) is 5.88 Å². The second kappa shape index (κ2) is 10.5. The molecule has 0 aliphatic heterocycles. The van der Waals surface area contributed by atoms with Crippen LogP contribution >= 0.6 is 11.6 Å². The molecule has 7 heteroatoms. The second-order valence-corrected chi connectivity index (χ2v) is 7.82. The maximum absolute atomic E-state index is 14.7. The van der Waals surface area contributed by atoms with Crippen LogP contribution in [-0.2, 0) is 16.1 Å². The molecule has 2 aromatic rings. The van der Waals surface area contributed by atoms with Gasteiger partial charge < -0.3 is 10.2 Å². The van der Waals surface area contributed by atoms with Crippen LogP contribution in [0.25, 0.3) is 0 Å². The highest BCUT2D eigenvalue weighted by atomic mass is 35.5. The molecule has 2 amide bonds. The average molecular weight is 435 g/mol. The quantitative estimate of drug-likeness (QED) is 0.641. The van der Waals surface area contributed by atoms with E-state index in [9.17, 15) is 18.4 Å². The van der Waals surface area contributed by atoms with Gasteiger partial charge in [0.2, 0.25) is 11.8 Å². The van der Waals surface area contributed by atoms with Crippen molar-refractivity contribution >= 4 is 23.4 Å². The second-order valence-electron chi connectivity index (χ2n) is 7.55. The molecule has 1 atom stereocenters. The first-order valence-corrected chi connectivity index (χ1v) is 10.7. The average Bonchev–Trinajstić information content (AvgIpc) is 2.76. The molecule has 1 saturated carbocycles. The standard InChI is InChI=1S/C23H25ClF2N2O2/c24-14-21(29)28(15-16-10-12-17(25)13-11-16)22(19-8-4-5-9-20(19)26)23(30)27-18-6-2-1-3-7-18/h4-5,8-13,18,22H,1-3,6-7,14-15H2,(H,27,30)/t22-/m1/s1. The van der Waals surface area contributed by atoms with Crippen molar-refractivity contribution < 1.29 is 18.4 Å². The van der Waals surface area contributed by atoms with E-state index in [0.717, 1.165) is 32.1 Å². The molecule has 0 heterocycles. The van der Waals surface area contributed by atoms with Gasteiger partial charge in [-0.15, -0.1) is 11.6 Å². The van der Waals surface area contributed by atoms with E-state index in [4.69, 9.17) is 11.6 Å². The Labute approximate surface area is 180 Å². The molecule has 1 aliphatic rings. The normalized spacial score (nSPS) is 15.4. The van der Waals surface area contributed by atoms with Gasteiger partial charge in [0.15, 0.2) is 0 Å². The highest BCUT2D eigenvalue weighted by Crippen LogP contribution is 2.28. The molecule has 160 valence electrons. The number of alkyl halides is 1. The maximum atomic E-state index is 14.7. The fourth-order valence-electron chi connectivity index (χ4n) is 3.86. The van der Waals surface area contributed by atoms with E-state index >= 15 is 0 Å². The molecule has 4 nitrogen and oxygen atoms in total. The summed E-state index contributed by atoms with van der Waals surface area (Å²) in [5.74, 6) is -2.29. The minimum atomic E-state index is -1.18. The topological polar surface area (TPSA) is 49.4 Å². The van der Waals surface area contributed by atoms with E-state index in [0.29, 0.717) is 5.56 Å². The van der Waals surface area contributed by atoms with Gasteiger partial charge in [0, 0.05) is 18.2 Å². The van der Waals surface area contributed by atoms with Crippen molar-refractivity contribution in [1.82, 2.24) is 10.2 Å². The summed E-state index contributed by atoms with van der Waals surface area (Å²) in [6.07, 6.45) is 4.89. The lowest BCUT2D eigenvalue weighted by Crippen LogP contribution is -2.47. The van der Waals surface area contributed by atoms with Crippen LogP contribution in [0.4, 0.5) is 8.78 Å². The van der Waals surface area contributed by atoms with Crippen LogP contribution in [0.15, 0.2) is 48.5 Å². The fraction of sp³-hybridized carbons (Fsp3) is 0.391. The minimum Gasteiger partial charge on any atom is -0.351 e. The first kappa shape index (κ1) is 22.2. The summed E-state index contributed by atoms with van der Waals surface area (Å²) < 4.78 is 28.0. The summed E-state index contributed by atoms with van der Waals surface area (Å²) in [4.78, 5) is 27.3. The van der Waals surface area contributed by atoms with Crippen molar-refractivity contribution in [1.29, 1.82) is 0 Å². The number of hydrogen-bond donors (Lipinski definition) is 1. The van der Waals surface area contributed by atoms with Crippen LogP contribution in [-0.4, -0.2) is 28.6 Å². The van der Waals surface area contributed by atoms with Crippen LogP contribution in [0.2, 0.25) is 0 Å². The number of amides is 2. The summed E-state index contributed by atoms with van der Waals surface area (Å²) in [6.45, 7) is 0.00290. The number of nitrogens with zero attached hydrogens (tertiary/aromatic N) is 1. The van der Waals surface area contributed by atoms with Crippen molar-refractivity contribution in [2.24, 2.45) is 0 Å². The van der Waals surface area contributed by atoms with Crippen molar-refractivity contribution in [3.63, 3.8) is 0 Å². The SMILES string of the molecule is O=C(NC1CCCCC1)[C@@H](c1ccccc1F)N(Cc1ccc(F)cc1)C(=O)CCl. The lowest BCUT2D eigenvalue weighted by molar-refractivity contribution is -0.140. The van der Waals surface area contributed by atoms with Crippen LogP contribution < -0.4 is 5.32 Å². The molecular formula is C23H25ClF2N2O2. The Hall–Kier alpha value is -2.47. The van der Waals surface area contributed by atoms with E-state index in [1.54, 1.807) is 6.07 Å². The molecule has 30 heavy (non-hydrogen) atoms. The molecule has 0 bridgehead atoms. The van der Waals surface area contributed by atoms with Gasteiger partial charge in [0.1, 0.15) is 23.6 Å². The first-order chi connectivity index (χ1) is 14.5. The summed E-state index contributed by atoms with van der Waals surface area (Å²) in [5, 5.41) is 3.00. The highest BCUT2D eigenvalue weighted by Gasteiger charge is 2.34. The van der Waals surface area contributed by atoms with Gasteiger partial charge in [-0.1, -0.05) is 49.6 Å². The number of halogens is 3. The third-order valence-electron chi connectivity index (χ3n) is 5.41. The predicted molar refractivity (Wildman–Crippen MR) is 112 cm³/mol. The summed E-state index contributed by atoms with van der Waals surface area (Å²) in [5.41, 5.74) is 0.716. The number of rotatable bonds is 7. The van der Waals surface area contributed by atoms with E-state index in [1.165, 1.54) is 47.4 Å². The van der Waals surface area contributed by atoms with Gasteiger partial charge in [-0.05, 0) is 36.6 Å². The molecule has 0 unspecified atom stereocenters. The fourth-order valence-corrected chi connectivity index (χ4v) is 4.01. The highest BCUT2D eigenvalue weighted by molar-refractivity contribution is 6.27. The summed E-state index contributed by atoms with van der Waals surface area (Å²) in [6, 6.07) is 10.4.